The summed E-state index contributed by atoms with van der Waals surface area (Å²) in [6.45, 7) is 7.93. The van der Waals surface area contributed by atoms with Crippen molar-refractivity contribution >= 4 is 5.96 Å². The third-order valence-corrected chi connectivity index (χ3v) is 6.73. The second-order valence-electron chi connectivity index (χ2n) is 8.96. The molecule has 8 heteroatoms. The van der Waals surface area contributed by atoms with Gasteiger partial charge in [-0.1, -0.05) is 12.8 Å². The fourth-order valence-corrected chi connectivity index (χ4v) is 4.68. The van der Waals surface area contributed by atoms with Gasteiger partial charge >= 0.3 is 0 Å². The van der Waals surface area contributed by atoms with Gasteiger partial charge < -0.3 is 24.8 Å². The SMILES string of the molecule is Cc1nnc(CN=C(NC2CCCC2)NC2CCN(CC3CCOC3)CC2)n1C. The molecule has 1 atom stereocenters. The number of aryl methyl sites for hydroxylation is 1. The van der Waals surface area contributed by atoms with Gasteiger partial charge in [-0.2, -0.15) is 0 Å². The predicted molar refractivity (Wildman–Crippen MR) is 114 cm³/mol. The van der Waals surface area contributed by atoms with Gasteiger partial charge in [-0.3, -0.25) is 0 Å². The molecule has 1 aromatic rings. The summed E-state index contributed by atoms with van der Waals surface area (Å²) in [6, 6.07) is 1.03. The number of rotatable bonds is 6. The van der Waals surface area contributed by atoms with Crippen molar-refractivity contribution in [2.75, 3.05) is 32.8 Å². The van der Waals surface area contributed by atoms with Crippen LogP contribution < -0.4 is 10.6 Å². The lowest BCUT2D eigenvalue weighted by atomic mass is 10.0. The Morgan fingerprint density at radius 1 is 1.07 bits per heavy atom. The lowest BCUT2D eigenvalue weighted by Crippen LogP contribution is -2.51. The molecule has 0 amide bonds. The first-order chi connectivity index (χ1) is 14.2. The van der Waals surface area contributed by atoms with Crippen LogP contribution >= 0.6 is 0 Å². The van der Waals surface area contributed by atoms with E-state index in [1.165, 1.54) is 51.5 Å². The summed E-state index contributed by atoms with van der Waals surface area (Å²) in [6.07, 6.45) is 8.68. The highest BCUT2D eigenvalue weighted by atomic mass is 16.5. The summed E-state index contributed by atoms with van der Waals surface area (Å²) in [4.78, 5) is 7.48. The first kappa shape index (κ1) is 20.6. The maximum absolute atomic E-state index is 5.53. The molecule has 0 spiro atoms. The molecule has 1 aliphatic carbocycles. The number of nitrogens with one attached hydrogen (secondary N) is 2. The van der Waals surface area contributed by atoms with Crippen LogP contribution in [0.2, 0.25) is 0 Å². The van der Waals surface area contributed by atoms with E-state index >= 15 is 0 Å². The molecule has 29 heavy (non-hydrogen) atoms. The third-order valence-electron chi connectivity index (χ3n) is 6.73. The van der Waals surface area contributed by atoms with Crippen LogP contribution in [0.3, 0.4) is 0 Å². The molecule has 3 heterocycles. The van der Waals surface area contributed by atoms with Crippen LogP contribution in [0.1, 0.15) is 56.6 Å². The van der Waals surface area contributed by atoms with E-state index in [0.717, 1.165) is 49.8 Å². The Hall–Kier alpha value is -1.67. The minimum Gasteiger partial charge on any atom is -0.381 e. The fraction of sp³-hybridized carbons (Fsp3) is 0.857. The molecule has 1 saturated carbocycles. The zero-order chi connectivity index (χ0) is 20.1. The molecule has 2 N–H and O–H groups in total. The number of aliphatic imine (C=N–C) groups is 1. The highest BCUT2D eigenvalue weighted by Crippen LogP contribution is 2.19. The number of likely N-dealkylation sites (tertiary alicyclic amines) is 1. The molecule has 8 nitrogen and oxygen atoms in total. The van der Waals surface area contributed by atoms with Crippen LogP contribution in [0, 0.1) is 12.8 Å². The van der Waals surface area contributed by atoms with Crippen molar-refractivity contribution in [1.82, 2.24) is 30.3 Å². The Morgan fingerprint density at radius 2 is 1.79 bits per heavy atom. The van der Waals surface area contributed by atoms with E-state index in [4.69, 9.17) is 9.73 Å². The highest BCUT2D eigenvalue weighted by Gasteiger charge is 2.25. The Labute approximate surface area is 174 Å². The topological polar surface area (TPSA) is 79.6 Å². The maximum Gasteiger partial charge on any atom is 0.192 e. The van der Waals surface area contributed by atoms with Gasteiger partial charge in [0.2, 0.25) is 0 Å². The summed E-state index contributed by atoms with van der Waals surface area (Å²) < 4.78 is 7.55. The molecule has 162 valence electrons. The van der Waals surface area contributed by atoms with Crippen molar-refractivity contribution in [2.45, 2.75) is 70.5 Å². The van der Waals surface area contributed by atoms with E-state index in [9.17, 15) is 0 Å². The van der Waals surface area contributed by atoms with Crippen molar-refractivity contribution in [1.29, 1.82) is 0 Å². The van der Waals surface area contributed by atoms with Crippen molar-refractivity contribution < 1.29 is 4.74 Å². The van der Waals surface area contributed by atoms with Gasteiger partial charge in [0, 0.05) is 45.4 Å². The number of ether oxygens (including phenoxy) is 1. The number of aromatic nitrogens is 3. The number of piperidine rings is 1. The van der Waals surface area contributed by atoms with Gasteiger partial charge in [0.25, 0.3) is 0 Å². The van der Waals surface area contributed by atoms with Gasteiger partial charge in [-0.25, -0.2) is 4.99 Å². The lowest BCUT2D eigenvalue weighted by Gasteiger charge is -2.34. The largest absolute Gasteiger partial charge is 0.381 e. The van der Waals surface area contributed by atoms with Crippen molar-refractivity contribution in [3.05, 3.63) is 11.6 Å². The second-order valence-corrected chi connectivity index (χ2v) is 8.96. The molecule has 0 radical (unpaired) electrons. The second kappa shape index (κ2) is 9.89. The summed E-state index contributed by atoms with van der Waals surface area (Å²) in [5, 5.41) is 15.8. The molecule has 3 aliphatic rings. The van der Waals surface area contributed by atoms with Gasteiger partial charge in [0.05, 0.1) is 6.61 Å². The monoisotopic (exact) mass is 403 g/mol. The van der Waals surface area contributed by atoms with Gasteiger partial charge in [-0.05, 0) is 44.9 Å². The minimum atomic E-state index is 0.486. The predicted octanol–water partition coefficient (Wildman–Crippen LogP) is 1.60. The molecule has 4 rings (SSSR count). The molecule has 2 saturated heterocycles. The molecular weight excluding hydrogens is 366 g/mol. The molecule has 1 aromatic heterocycles. The van der Waals surface area contributed by atoms with Crippen molar-refractivity contribution in [3.63, 3.8) is 0 Å². The van der Waals surface area contributed by atoms with E-state index in [1.807, 2.05) is 18.5 Å². The van der Waals surface area contributed by atoms with E-state index in [2.05, 4.69) is 25.7 Å². The molecule has 2 aliphatic heterocycles. The Bertz CT molecular complexity index is 669. The molecular formula is C21H37N7O. The first-order valence-electron chi connectivity index (χ1n) is 11.4. The van der Waals surface area contributed by atoms with Crippen LogP contribution in [0.25, 0.3) is 0 Å². The van der Waals surface area contributed by atoms with Gasteiger partial charge in [0.1, 0.15) is 12.4 Å². The van der Waals surface area contributed by atoms with E-state index < -0.39 is 0 Å². The molecule has 0 bridgehead atoms. The Morgan fingerprint density at radius 3 is 2.41 bits per heavy atom. The summed E-state index contributed by atoms with van der Waals surface area (Å²) in [5.74, 6) is 3.51. The number of guanidine groups is 1. The van der Waals surface area contributed by atoms with Gasteiger partial charge in [0.15, 0.2) is 11.8 Å². The van der Waals surface area contributed by atoms with Crippen LogP contribution in [0.5, 0.6) is 0 Å². The Balaban J connectivity index is 1.31. The first-order valence-corrected chi connectivity index (χ1v) is 11.4. The number of hydrogen-bond acceptors (Lipinski definition) is 5. The lowest BCUT2D eigenvalue weighted by molar-refractivity contribution is 0.150. The third kappa shape index (κ3) is 5.69. The van der Waals surface area contributed by atoms with E-state index in [1.54, 1.807) is 0 Å². The average Bonchev–Trinajstić information content (AvgIpc) is 3.47. The van der Waals surface area contributed by atoms with Crippen LogP contribution in [0.15, 0.2) is 4.99 Å². The van der Waals surface area contributed by atoms with Gasteiger partial charge in [-0.15, -0.1) is 10.2 Å². The summed E-state index contributed by atoms with van der Waals surface area (Å²) in [5.41, 5.74) is 0. The Kier molecular flexibility index (Phi) is 7.02. The van der Waals surface area contributed by atoms with Crippen LogP contribution in [-0.2, 0) is 18.3 Å². The number of nitrogens with zero attached hydrogens (tertiary/aromatic N) is 5. The molecule has 3 fully saturated rings. The highest BCUT2D eigenvalue weighted by molar-refractivity contribution is 5.80. The van der Waals surface area contributed by atoms with E-state index in [0.29, 0.717) is 18.6 Å². The van der Waals surface area contributed by atoms with Crippen molar-refractivity contribution in [2.24, 2.45) is 18.0 Å². The van der Waals surface area contributed by atoms with Crippen molar-refractivity contribution in [3.8, 4) is 0 Å². The summed E-state index contributed by atoms with van der Waals surface area (Å²) in [7, 11) is 2.00. The smallest absolute Gasteiger partial charge is 0.192 e. The standard InChI is InChI=1S/C21H37N7O/c1-16-25-26-20(27(16)2)13-22-21(23-18-5-3-4-6-18)24-19-7-10-28(11-8-19)14-17-9-12-29-15-17/h17-19H,3-15H2,1-2H3,(H2,22,23,24). The van der Waals surface area contributed by atoms with E-state index in [-0.39, 0.29) is 0 Å². The van der Waals surface area contributed by atoms with Crippen LogP contribution in [0.4, 0.5) is 0 Å². The minimum absolute atomic E-state index is 0.486. The maximum atomic E-state index is 5.53. The normalized spacial score (nSPS) is 25.0. The zero-order valence-electron chi connectivity index (χ0n) is 18.1. The average molecular weight is 404 g/mol. The van der Waals surface area contributed by atoms with Crippen LogP contribution in [-0.4, -0.2) is 70.6 Å². The quantitative estimate of drug-likeness (QED) is 0.555. The zero-order valence-corrected chi connectivity index (χ0v) is 18.1. The molecule has 1 unspecified atom stereocenters. The molecule has 0 aromatic carbocycles. The fourth-order valence-electron chi connectivity index (χ4n) is 4.68. The number of hydrogen-bond donors (Lipinski definition) is 2. The summed E-state index contributed by atoms with van der Waals surface area (Å²) >= 11 is 0.